The van der Waals surface area contributed by atoms with Crippen molar-refractivity contribution in [2.24, 2.45) is 0 Å². The molecule has 2 aromatic carbocycles. The molecular formula is C20H20FN3O3S. The molecule has 0 unspecified atom stereocenters. The summed E-state index contributed by atoms with van der Waals surface area (Å²) in [7, 11) is -3.70. The molecule has 0 spiro atoms. The molecular weight excluding hydrogens is 381 g/mol. The number of fused-ring (bicyclic) bond motifs is 1. The van der Waals surface area contributed by atoms with Gasteiger partial charge in [-0.1, -0.05) is 18.2 Å². The Morgan fingerprint density at radius 3 is 2.32 bits per heavy atom. The molecule has 3 aromatic rings. The number of amides is 1. The van der Waals surface area contributed by atoms with Crippen LogP contribution < -0.4 is 0 Å². The van der Waals surface area contributed by atoms with Gasteiger partial charge in [-0.15, -0.1) is 0 Å². The van der Waals surface area contributed by atoms with Crippen LogP contribution >= 0.6 is 0 Å². The van der Waals surface area contributed by atoms with Gasteiger partial charge in [-0.2, -0.15) is 4.31 Å². The van der Waals surface area contributed by atoms with Crippen molar-refractivity contribution in [3.8, 4) is 0 Å². The van der Waals surface area contributed by atoms with Crippen molar-refractivity contribution in [1.29, 1.82) is 0 Å². The number of aryl methyl sites for hydroxylation is 1. The molecule has 1 saturated heterocycles. The van der Waals surface area contributed by atoms with Crippen molar-refractivity contribution in [2.45, 2.75) is 11.8 Å². The van der Waals surface area contributed by atoms with E-state index in [9.17, 15) is 17.6 Å². The van der Waals surface area contributed by atoms with E-state index in [1.807, 2.05) is 31.2 Å². The van der Waals surface area contributed by atoms with Crippen molar-refractivity contribution in [2.75, 3.05) is 26.2 Å². The Morgan fingerprint density at radius 2 is 1.64 bits per heavy atom. The molecule has 2 heterocycles. The quantitative estimate of drug-likeness (QED) is 0.733. The van der Waals surface area contributed by atoms with Crippen LogP contribution in [0.15, 0.2) is 53.4 Å². The maximum Gasteiger partial charge on any atom is 0.256 e. The van der Waals surface area contributed by atoms with Gasteiger partial charge in [0.05, 0.1) is 10.5 Å². The Labute approximate surface area is 162 Å². The maximum absolute atomic E-state index is 13.1. The average molecular weight is 401 g/mol. The van der Waals surface area contributed by atoms with E-state index in [4.69, 9.17) is 0 Å². The van der Waals surface area contributed by atoms with Crippen molar-refractivity contribution < 1.29 is 17.6 Å². The maximum atomic E-state index is 13.1. The minimum atomic E-state index is -3.70. The topological polar surface area (TPSA) is 73.5 Å². The second-order valence-corrected chi connectivity index (χ2v) is 8.76. The number of H-pyrrole nitrogens is 1. The zero-order chi connectivity index (χ0) is 19.9. The molecule has 4 rings (SSSR count). The molecule has 6 nitrogen and oxygen atoms in total. The summed E-state index contributed by atoms with van der Waals surface area (Å²) < 4.78 is 39.9. The van der Waals surface area contributed by atoms with Crippen LogP contribution in [-0.4, -0.2) is 54.7 Å². The van der Waals surface area contributed by atoms with E-state index >= 15 is 0 Å². The molecule has 0 bridgehead atoms. The Balaban J connectivity index is 1.51. The molecule has 0 saturated carbocycles. The molecule has 1 N–H and O–H groups in total. The predicted molar refractivity (Wildman–Crippen MR) is 104 cm³/mol. The molecule has 1 fully saturated rings. The van der Waals surface area contributed by atoms with E-state index in [-0.39, 0.29) is 23.9 Å². The third kappa shape index (κ3) is 3.18. The summed E-state index contributed by atoms with van der Waals surface area (Å²) in [5.74, 6) is -0.586. The second-order valence-electron chi connectivity index (χ2n) is 6.82. The summed E-state index contributed by atoms with van der Waals surface area (Å²) >= 11 is 0. The minimum Gasteiger partial charge on any atom is -0.358 e. The van der Waals surface area contributed by atoms with Gasteiger partial charge in [-0.3, -0.25) is 4.79 Å². The first-order chi connectivity index (χ1) is 13.4. The number of carbonyl (C=O) groups excluding carboxylic acids is 1. The predicted octanol–water partition coefficient (Wildman–Crippen LogP) is 2.76. The highest BCUT2D eigenvalue weighted by molar-refractivity contribution is 7.89. The molecule has 0 atom stereocenters. The molecule has 0 aliphatic carbocycles. The van der Waals surface area contributed by atoms with Crippen LogP contribution in [0.3, 0.4) is 0 Å². The van der Waals surface area contributed by atoms with Crippen LogP contribution in [0.1, 0.15) is 16.1 Å². The van der Waals surface area contributed by atoms with Crippen LogP contribution in [-0.2, 0) is 10.0 Å². The van der Waals surface area contributed by atoms with E-state index in [2.05, 4.69) is 4.98 Å². The van der Waals surface area contributed by atoms with Crippen molar-refractivity contribution >= 4 is 26.8 Å². The Bertz CT molecular complexity index is 1130. The van der Waals surface area contributed by atoms with Crippen molar-refractivity contribution in [3.05, 3.63) is 65.6 Å². The number of carbonyl (C=O) groups is 1. The zero-order valence-corrected chi connectivity index (χ0v) is 16.2. The number of aromatic amines is 1. The number of aromatic nitrogens is 1. The molecule has 146 valence electrons. The Hall–Kier alpha value is -2.71. The van der Waals surface area contributed by atoms with Gasteiger partial charge in [0.2, 0.25) is 10.0 Å². The molecule has 28 heavy (non-hydrogen) atoms. The third-order valence-electron chi connectivity index (χ3n) is 5.08. The van der Waals surface area contributed by atoms with E-state index in [0.29, 0.717) is 18.7 Å². The second kappa shape index (κ2) is 7.03. The van der Waals surface area contributed by atoms with Gasteiger partial charge in [0.25, 0.3) is 5.91 Å². The van der Waals surface area contributed by atoms with Crippen LogP contribution in [0.25, 0.3) is 10.9 Å². The third-order valence-corrected chi connectivity index (χ3v) is 7.00. The number of nitrogens with zero attached hydrogens (tertiary/aromatic N) is 2. The first-order valence-electron chi connectivity index (χ1n) is 9.00. The van der Waals surface area contributed by atoms with E-state index < -0.39 is 15.8 Å². The highest BCUT2D eigenvalue weighted by atomic mass is 32.2. The van der Waals surface area contributed by atoms with Gasteiger partial charge < -0.3 is 9.88 Å². The van der Waals surface area contributed by atoms with Gasteiger partial charge in [-0.05, 0) is 37.3 Å². The molecule has 8 heteroatoms. The fraction of sp³-hybridized carbons (Fsp3) is 0.250. The van der Waals surface area contributed by atoms with Gasteiger partial charge in [0.15, 0.2) is 0 Å². The van der Waals surface area contributed by atoms with Gasteiger partial charge >= 0.3 is 0 Å². The largest absolute Gasteiger partial charge is 0.358 e. The van der Waals surface area contributed by atoms with E-state index in [1.165, 1.54) is 16.4 Å². The first kappa shape index (κ1) is 18.6. The summed E-state index contributed by atoms with van der Waals surface area (Å²) in [6.07, 6.45) is 0. The number of benzene rings is 2. The Kier molecular flexibility index (Phi) is 4.68. The molecule has 1 aromatic heterocycles. The average Bonchev–Trinajstić information content (AvgIpc) is 3.03. The lowest BCUT2D eigenvalue weighted by molar-refractivity contribution is 0.0699. The number of hydrogen-bond donors (Lipinski definition) is 1. The first-order valence-corrected chi connectivity index (χ1v) is 10.4. The fourth-order valence-corrected chi connectivity index (χ4v) is 5.02. The lowest BCUT2D eigenvalue weighted by atomic mass is 10.1. The SMILES string of the molecule is Cc1[nH]c2ccccc2c1C(=O)N1CCN(S(=O)(=O)c2ccc(F)cc2)CC1. The number of rotatable bonds is 3. The van der Waals surface area contributed by atoms with Crippen LogP contribution in [0, 0.1) is 12.7 Å². The summed E-state index contributed by atoms with van der Waals surface area (Å²) in [5, 5.41) is 0.867. The fourth-order valence-electron chi connectivity index (χ4n) is 3.60. The monoisotopic (exact) mass is 401 g/mol. The van der Waals surface area contributed by atoms with Crippen molar-refractivity contribution in [1.82, 2.24) is 14.2 Å². The summed E-state index contributed by atoms with van der Waals surface area (Å²) in [4.78, 5) is 18.0. The molecule has 1 aliphatic rings. The summed E-state index contributed by atoms with van der Waals surface area (Å²) in [5.41, 5.74) is 2.33. The van der Waals surface area contributed by atoms with Gasteiger partial charge in [0, 0.05) is 42.8 Å². The number of sulfonamides is 1. The number of hydrogen-bond acceptors (Lipinski definition) is 3. The van der Waals surface area contributed by atoms with Crippen molar-refractivity contribution in [3.63, 3.8) is 0 Å². The van der Waals surface area contributed by atoms with Gasteiger partial charge in [0.1, 0.15) is 5.82 Å². The Morgan fingerprint density at radius 1 is 1.00 bits per heavy atom. The number of halogens is 1. The highest BCUT2D eigenvalue weighted by Gasteiger charge is 2.31. The lowest BCUT2D eigenvalue weighted by Crippen LogP contribution is -2.50. The molecule has 1 aliphatic heterocycles. The zero-order valence-electron chi connectivity index (χ0n) is 15.4. The standard InChI is InChI=1S/C20H20FN3O3S/c1-14-19(17-4-2-3-5-18(17)22-14)20(25)23-10-12-24(13-11-23)28(26,27)16-8-6-15(21)7-9-16/h2-9,22H,10-13H2,1H3. The molecule has 1 amide bonds. The van der Waals surface area contributed by atoms with Crippen LogP contribution in [0.2, 0.25) is 0 Å². The molecule has 0 radical (unpaired) electrons. The number of piperazine rings is 1. The van der Waals surface area contributed by atoms with Gasteiger partial charge in [-0.25, -0.2) is 12.8 Å². The highest BCUT2D eigenvalue weighted by Crippen LogP contribution is 2.25. The normalized spacial score (nSPS) is 15.9. The lowest BCUT2D eigenvalue weighted by Gasteiger charge is -2.34. The smallest absolute Gasteiger partial charge is 0.256 e. The number of para-hydroxylation sites is 1. The van der Waals surface area contributed by atoms with E-state index in [0.717, 1.165) is 28.7 Å². The summed E-state index contributed by atoms with van der Waals surface area (Å²) in [6, 6.07) is 12.4. The van der Waals surface area contributed by atoms with E-state index in [1.54, 1.807) is 4.90 Å². The summed E-state index contributed by atoms with van der Waals surface area (Å²) in [6.45, 7) is 2.87. The van der Waals surface area contributed by atoms with Crippen LogP contribution in [0.4, 0.5) is 4.39 Å². The van der Waals surface area contributed by atoms with Crippen LogP contribution in [0.5, 0.6) is 0 Å². The number of nitrogens with one attached hydrogen (secondary N) is 1. The minimum absolute atomic E-state index is 0.0566.